The lowest BCUT2D eigenvalue weighted by Crippen LogP contribution is -2.53. The van der Waals surface area contributed by atoms with Gasteiger partial charge in [0.1, 0.15) is 12.1 Å². The van der Waals surface area contributed by atoms with Gasteiger partial charge in [-0.3, -0.25) is 24.4 Å². The second-order valence-corrected chi connectivity index (χ2v) is 7.26. The standard InChI is InChI=1S/C18H34N4O5/c1-5-6-7-8-13(10-15(23)22-27)17(25)21-14(9-11(2)3)18(26)20-12(4)16(19)24/h11-14,27H,5-10H2,1-4H3,(H2,19,24)(H,20,26)(H,21,25)(H,22,23)/t12-,13?,14-/m0/s1. The molecule has 0 bridgehead atoms. The van der Waals surface area contributed by atoms with Gasteiger partial charge in [-0.1, -0.05) is 40.0 Å². The number of primary amides is 1. The molecule has 0 aliphatic rings. The van der Waals surface area contributed by atoms with E-state index in [2.05, 4.69) is 10.6 Å². The fourth-order valence-electron chi connectivity index (χ4n) is 2.61. The zero-order chi connectivity index (χ0) is 21.0. The summed E-state index contributed by atoms with van der Waals surface area (Å²) in [6, 6.07) is -1.70. The SMILES string of the molecule is CCCCCC(CC(=O)NO)C(=O)N[C@@H](CC(C)C)C(=O)N[C@@H](C)C(N)=O. The number of nitrogens with one attached hydrogen (secondary N) is 3. The van der Waals surface area contributed by atoms with Crippen LogP contribution in [0.25, 0.3) is 0 Å². The molecular formula is C18H34N4O5. The second-order valence-electron chi connectivity index (χ2n) is 7.26. The molecule has 9 heteroatoms. The third kappa shape index (κ3) is 10.5. The fraction of sp³-hybridized carbons (Fsp3) is 0.778. The van der Waals surface area contributed by atoms with E-state index in [9.17, 15) is 19.2 Å². The van der Waals surface area contributed by atoms with Crippen molar-refractivity contribution in [1.82, 2.24) is 16.1 Å². The van der Waals surface area contributed by atoms with Crippen molar-refractivity contribution in [3.05, 3.63) is 0 Å². The van der Waals surface area contributed by atoms with Crippen LogP contribution in [0.1, 0.15) is 66.2 Å². The van der Waals surface area contributed by atoms with E-state index in [0.717, 1.165) is 19.3 Å². The topological polar surface area (TPSA) is 151 Å². The number of carbonyl (C=O) groups is 4. The molecule has 0 saturated carbocycles. The van der Waals surface area contributed by atoms with Crippen LogP contribution < -0.4 is 21.8 Å². The van der Waals surface area contributed by atoms with E-state index in [4.69, 9.17) is 10.9 Å². The first-order chi connectivity index (χ1) is 12.6. The average Bonchev–Trinajstić information content (AvgIpc) is 2.59. The molecule has 0 aliphatic heterocycles. The number of rotatable bonds is 13. The van der Waals surface area contributed by atoms with Crippen molar-refractivity contribution in [1.29, 1.82) is 0 Å². The number of hydrogen-bond acceptors (Lipinski definition) is 5. The summed E-state index contributed by atoms with van der Waals surface area (Å²) in [7, 11) is 0. The third-order valence-electron chi connectivity index (χ3n) is 4.21. The Balaban J connectivity index is 5.13. The summed E-state index contributed by atoms with van der Waals surface area (Å²) in [6.45, 7) is 7.30. The Bertz CT molecular complexity index is 510. The van der Waals surface area contributed by atoms with Gasteiger partial charge >= 0.3 is 0 Å². The highest BCUT2D eigenvalue weighted by molar-refractivity contribution is 5.92. The van der Waals surface area contributed by atoms with Crippen molar-refractivity contribution in [2.75, 3.05) is 0 Å². The predicted octanol–water partition coefficient (Wildman–Crippen LogP) is 0.599. The molecule has 1 unspecified atom stereocenters. The molecule has 0 radical (unpaired) electrons. The highest BCUT2D eigenvalue weighted by atomic mass is 16.5. The van der Waals surface area contributed by atoms with Gasteiger partial charge in [0.2, 0.25) is 23.6 Å². The zero-order valence-corrected chi connectivity index (χ0v) is 16.7. The molecule has 6 N–H and O–H groups in total. The van der Waals surface area contributed by atoms with Crippen LogP contribution in [0.2, 0.25) is 0 Å². The number of nitrogens with two attached hydrogens (primary N) is 1. The normalized spacial score (nSPS) is 14.1. The van der Waals surface area contributed by atoms with Crippen LogP contribution in [0.5, 0.6) is 0 Å². The number of hydroxylamine groups is 1. The minimum Gasteiger partial charge on any atom is -0.368 e. The first kappa shape index (κ1) is 24.8. The molecule has 156 valence electrons. The van der Waals surface area contributed by atoms with Crippen LogP contribution in [0.4, 0.5) is 0 Å². The van der Waals surface area contributed by atoms with Gasteiger partial charge in [-0.15, -0.1) is 0 Å². The van der Waals surface area contributed by atoms with E-state index in [1.165, 1.54) is 12.4 Å². The van der Waals surface area contributed by atoms with Crippen molar-refractivity contribution in [3.8, 4) is 0 Å². The van der Waals surface area contributed by atoms with Gasteiger partial charge in [0.15, 0.2) is 0 Å². The van der Waals surface area contributed by atoms with Crippen molar-refractivity contribution >= 4 is 23.6 Å². The Labute approximate surface area is 160 Å². The number of hydrogen-bond donors (Lipinski definition) is 5. The number of amides is 4. The average molecular weight is 386 g/mol. The maximum Gasteiger partial charge on any atom is 0.244 e. The van der Waals surface area contributed by atoms with Crippen LogP contribution in [0.3, 0.4) is 0 Å². The lowest BCUT2D eigenvalue weighted by Gasteiger charge is -2.24. The molecule has 0 spiro atoms. The Morgan fingerprint density at radius 3 is 2.11 bits per heavy atom. The minimum absolute atomic E-state index is 0.115. The van der Waals surface area contributed by atoms with Crippen molar-refractivity contribution in [2.45, 2.75) is 78.3 Å². The summed E-state index contributed by atoms with van der Waals surface area (Å²) < 4.78 is 0. The molecule has 0 aromatic rings. The Hall–Kier alpha value is -2.16. The molecule has 0 aromatic carbocycles. The molecule has 0 aromatic heterocycles. The molecule has 0 rings (SSSR count). The van der Waals surface area contributed by atoms with Gasteiger partial charge in [0, 0.05) is 12.3 Å². The van der Waals surface area contributed by atoms with Crippen LogP contribution in [0, 0.1) is 11.8 Å². The molecular weight excluding hydrogens is 352 g/mol. The van der Waals surface area contributed by atoms with Gasteiger partial charge < -0.3 is 16.4 Å². The van der Waals surface area contributed by atoms with Crippen LogP contribution in [0.15, 0.2) is 0 Å². The quantitative estimate of drug-likeness (QED) is 0.178. The zero-order valence-electron chi connectivity index (χ0n) is 16.7. The van der Waals surface area contributed by atoms with E-state index < -0.39 is 41.6 Å². The van der Waals surface area contributed by atoms with Crippen LogP contribution in [-0.4, -0.2) is 40.9 Å². The lowest BCUT2D eigenvalue weighted by atomic mass is 9.95. The molecule has 4 amide bonds. The van der Waals surface area contributed by atoms with Crippen molar-refractivity contribution in [3.63, 3.8) is 0 Å². The van der Waals surface area contributed by atoms with E-state index in [1.807, 2.05) is 20.8 Å². The predicted molar refractivity (Wildman–Crippen MR) is 100 cm³/mol. The molecule has 9 nitrogen and oxygen atoms in total. The number of unbranched alkanes of at least 4 members (excludes halogenated alkanes) is 2. The van der Waals surface area contributed by atoms with E-state index in [0.29, 0.717) is 12.8 Å². The van der Waals surface area contributed by atoms with Gasteiger partial charge in [-0.2, -0.15) is 0 Å². The van der Waals surface area contributed by atoms with E-state index in [1.54, 1.807) is 0 Å². The lowest BCUT2D eigenvalue weighted by molar-refractivity contribution is -0.136. The second kappa shape index (κ2) is 13.1. The summed E-state index contributed by atoms with van der Waals surface area (Å²) in [6.07, 6.45) is 3.31. The molecule has 0 heterocycles. The van der Waals surface area contributed by atoms with E-state index in [-0.39, 0.29) is 12.3 Å². The molecule has 3 atom stereocenters. The van der Waals surface area contributed by atoms with Crippen LogP contribution >= 0.6 is 0 Å². The van der Waals surface area contributed by atoms with Gasteiger partial charge in [0.05, 0.1) is 0 Å². The summed E-state index contributed by atoms with van der Waals surface area (Å²) in [5.74, 6) is -2.79. The number of carbonyl (C=O) groups excluding carboxylic acids is 4. The van der Waals surface area contributed by atoms with Gasteiger partial charge in [-0.25, -0.2) is 5.48 Å². The smallest absolute Gasteiger partial charge is 0.244 e. The maximum absolute atomic E-state index is 12.7. The van der Waals surface area contributed by atoms with Gasteiger partial charge in [-0.05, 0) is 25.7 Å². The molecule has 0 aliphatic carbocycles. The molecule has 27 heavy (non-hydrogen) atoms. The maximum atomic E-state index is 12.7. The largest absolute Gasteiger partial charge is 0.368 e. The summed E-state index contributed by atoms with van der Waals surface area (Å²) in [5, 5.41) is 13.9. The van der Waals surface area contributed by atoms with Crippen molar-refractivity contribution in [2.24, 2.45) is 17.6 Å². The minimum atomic E-state index is -0.857. The Kier molecular flexibility index (Phi) is 12.0. The van der Waals surface area contributed by atoms with Gasteiger partial charge in [0.25, 0.3) is 0 Å². The monoisotopic (exact) mass is 386 g/mol. The highest BCUT2D eigenvalue weighted by Crippen LogP contribution is 2.16. The molecule has 0 fully saturated rings. The van der Waals surface area contributed by atoms with Crippen molar-refractivity contribution < 1.29 is 24.4 Å². The third-order valence-corrected chi connectivity index (χ3v) is 4.21. The summed E-state index contributed by atoms with van der Waals surface area (Å²) in [4.78, 5) is 47.8. The van der Waals surface area contributed by atoms with Crippen LogP contribution in [-0.2, 0) is 19.2 Å². The Morgan fingerprint density at radius 1 is 1.00 bits per heavy atom. The Morgan fingerprint density at radius 2 is 1.63 bits per heavy atom. The summed E-state index contributed by atoms with van der Waals surface area (Å²) >= 11 is 0. The highest BCUT2D eigenvalue weighted by Gasteiger charge is 2.28. The fourth-order valence-corrected chi connectivity index (χ4v) is 2.61. The van der Waals surface area contributed by atoms with E-state index >= 15 is 0 Å². The summed E-state index contributed by atoms with van der Waals surface area (Å²) in [5.41, 5.74) is 6.70. The first-order valence-electron chi connectivity index (χ1n) is 9.45. The molecule has 0 saturated heterocycles. The first-order valence-corrected chi connectivity index (χ1v) is 9.45.